The minimum absolute atomic E-state index is 0.183. The first-order chi connectivity index (χ1) is 11.3. The monoisotopic (exact) mass is 404 g/mol. The molecule has 0 aliphatic carbocycles. The highest BCUT2D eigenvalue weighted by molar-refractivity contribution is 9.10. The van der Waals surface area contributed by atoms with Crippen LogP contribution >= 0.6 is 28.1 Å². The molecule has 2 rings (SSSR count). The van der Waals surface area contributed by atoms with Crippen LogP contribution in [0.5, 0.6) is 0 Å². The Hall–Kier alpha value is -1.39. The van der Waals surface area contributed by atoms with Gasteiger partial charge in [0.1, 0.15) is 0 Å². The molecule has 2 aromatic rings. The number of aryl methyl sites for hydroxylation is 3. The standard InChI is InChI=1S/C20H25BrN2S/c1-12(2)19(17-8-6-13(3)10-14(17)4)23-20(24)22-16-7-9-18(21)15(5)11-16/h6-12,19H,1-5H3,(H2,22,23,24)/t19-/m0/s1. The van der Waals surface area contributed by atoms with E-state index in [1.807, 2.05) is 12.1 Å². The fourth-order valence-corrected chi connectivity index (χ4v) is 3.30. The van der Waals surface area contributed by atoms with Gasteiger partial charge in [-0.25, -0.2) is 0 Å². The van der Waals surface area contributed by atoms with E-state index in [0.717, 1.165) is 10.2 Å². The average Bonchev–Trinajstić information content (AvgIpc) is 2.49. The molecular formula is C20H25BrN2S. The number of anilines is 1. The van der Waals surface area contributed by atoms with Gasteiger partial charge < -0.3 is 10.6 Å². The van der Waals surface area contributed by atoms with Gasteiger partial charge in [0.2, 0.25) is 0 Å². The largest absolute Gasteiger partial charge is 0.355 e. The van der Waals surface area contributed by atoms with Gasteiger partial charge in [0.05, 0.1) is 6.04 Å². The van der Waals surface area contributed by atoms with Crippen LogP contribution in [0.1, 0.15) is 42.1 Å². The predicted octanol–water partition coefficient (Wildman–Crippen LogP) is 6.06. The molecule has 24 heavy (non-hydrogen) atoms. The zero-order valence-electron chi connectivity index (χ0n) is 14.9. The summed E-state index contributed by atoms with van der Waals surface area (Å²) in [6.07, 6.45) is 0. The Morgan fingerprint density at radius 2 is 1.71 bits per heavy atom. The van der Waals surface area contributed by atoms with Crippen LogP contribution < -0.4 is 10.6 Å². The molecule has 0 heterocycles. The highest BCUT2D eigenvalue weighted by Gasteiger charge is 2.18. The summed E-state index contributed by atoms with van der Waals surface area (Å²) in [6, 6.07) is 12.9. The first kappa shape index (κ1) is 18.9. The third kappa shape index (κ3) is 4.81. The van der Waals surface area contributed by atoms with Gasteiger partial charge in [-0.05, 0) is 73.8 Å². The third-order valence-corrected chi connectivity index (χ3v) is 5.24. The van der Waals surface area contributed by atoms with Crippen LogP contribution in [0.4, 0.5) is 5.69 Å². The summed E-state index contributed by atoms with van der Waals surface area (Å²) in [5.74, 6) is 0.429. The van der Waals surface area contributed by atoms with Crippen molar-refractivity contribution >= 4 is 38.9 Å². The summed E-state index contributed by atoms with van der Waals surface area (Å²) in [5, 5.41) is 7.43. The molecular weight excluding hydrogens is 380 g/mol. The van der Waals surface area contributed by atoms with Crippen LogP contribution in [0.3, 0.4) is 0 Å². The Morgan fingerprint density at radius 1 is 1.00 bits per heavy atom. The summed E-state index contributed by atoms with van der Waals surface area (Å²) >= 11 is 9.07. The van der Waals surface area contributed by atoms with Crippen LogP contribution in [0.15, 0.2) is 40.9 Å². The molecule has 0 aliphatic heterocycles. The molecule has 0 aromatic heterocycles. The maximum absolute atomic E-state index is 5.54. The topological polar surface area (TPSA) is 24.1 Å². The van der Waals surface area contributed by atoms with E-state index in [1.165, 1.54) is 22.3 Å². The molecule has 0 radical (unpaired) electrons. The van der Waals surface area contributed by atoms with E-state index in [0.29, 0.717) is 11.0 Å². The van der Waals surface area contributed by atoms with E-state index >= 15 is 0 Å². The van der Waals surface area contributed by atoms with Crippen molar-refractivity contribution in [3.63, 3.8) is 0 Å². The molecule has 4 heteroatoms. The van der Waals surface area contributed by atoms with Crippen molar-refractivity contribution in [2.75, 3.05) is 5.32 Å². The number of rotatable bonds is 4. The summed E-state index contributed by atoms with van der Waals surface area (Å²) in [5.41, 5.74) is 6.05. The smallest absolute Gasteiger partial charge is 0.171 e. The fourth-order valence-electron chi connectivity index (χ4n) is 2.81. The zero-order valence-corrected chi connectivity index (χ0v) is 17.3. The number of hydrogen-bond donors (Lipinski definition) is 2. The van der Waals surface area contributed by atoms with Gasteiger partial charge in [-0.15, -0.1) is 0 Å². The van der Waals surface area contributed by atoms with E-state index in [9.17, 15) is 0 Å². The SMILES string of the molecule is Cc1ccc([C@@H](NC(=S)Nc2ccc(Br)c(C)c2)C(C)C)c(C)c1. The van der Waals surface area contributed by atoms with Crippen molar-refractivity contribution in [3.8, 4) is 0 Å². The van der Waals surface area contributed by atoms with Gasteiger partial charge in [0, 0.05) is 10.2 Å². The summed E-state index contributed by atoms with van der Waals surface area (Å²) in [6.45, 7) is 10.8. The van der Waals surface area contributed by atoms with Crippen LogP contribution in [0, 0.1) is 26.7 Å². The second-order valence-electron chi connectivity index (χ2n) is 6.64. The van der Waals surface area contributed by atoms with Crippen LogP contribution in [0.2, 0.25) is 0 Å². The Kier molecular flexibility index (Phi) is 6.41. The van der Waals surface area contributed by atoms with E-state index < -0.39 is 0 Å². The lowest BCUT2D eigenvalue weighted by atomic mass is 9.92. The van der Waals surface area contributed by atoms with Crippen molar-refractivity contribution in [1.82, 2.24) is 5.32 Å². The molecule has 2 nitrogen and oxygen atoms in total. The molecule has 0 spiro atoms. The van der Waals surface area contributed by atoms with Crippen LogP contribution in [-0.2, 0) is 0 Å². The van der Waals surface area contributed by atoms with Crippen molar-refractivity contribution in [2.24, 2.45) is 5.92 Å². The molecule has 1 atom stereocenters. The molecule has 0 bridgehead atoms. The first-order valence-corrected chi connectivity index (χ1v) is 9.39. The van der Waals surface area contributed by atoms with Crippen LogP contribution in [-0.4, -0.2) is 5.11 Å². The highest BCUT2D eigenvalue weighted by Crippen LogP contribution is 2.26. The lowest BCUT2D eigenvalue weighted by Gasteiger charge is -2.26. The second-order valence-corrected chi connectivity index (χ2v) is 7.91. The number of halogens is 1. The van der Waals surface area contributed by atoms with Crippen LogP contribution in [0.25, 0.3) is 0 Å². The summed E-state index contributed by atoms with van der Waals surface area (Å²) < 4.78 is 1.10. The predicted molar refractivity (Wildman–Crippen MR) is 112 cm³/mol. The Labute approximate surface area is 159 Å². The maximum Gasteiger partial charge on any atom is 0.171 e. The van der Waals surface area contributed by atoms with E-state index in [1.54, 1.807) is 0 Å². The average molecular weight is 405 g/mol. The number of thiocarbonyl (C=S) groups is 1. The Balaban J connectivity index is 2.15. The van der Waals surface area contributed by atoms with Gasteiger partial charge in [-0.2, -0.15) is 0 Å². The van der Waals surface area contributed by atoms with Crippen molar-refractivity contribution < 1.29 is 0 Å². The molecule has 2 N–H and O–H groups in total. The fraction of sp³-hybridized carbons (Fsp3) is 0.350. The lowest BCUT2D eigenvalue weighted by molar-refractivity contribution is 0.471. The molecule has 2 aromatic carbocycles. The van der Waals surface area contributed by atoms with E-state index in [-0.39, 0.29) is 6.04 Å². The van der Waals surface area contributed by atoms with Crippen molar-refractivity contribution in [3.05, 3.63) is 63.1 Å². The van der Waals surface area contributed by atoms with Gasteiger partial charge in [-0.1, -0.05) is 53.5 Å². The number of hydrogen-bond acceptors (Lipinski definition) is 1. The van der Waals surface area contributed by atoms with Gasteiger partial charge in [0.25, 0.3) is 0 Å². The van der Waals surface area contributed by atoms with Crippen molar-refractivity contribution in [2.45, 2.75) is 40.7 Å². The molecule has 0 fully saturated rings. The molecule has 0 unspecified atom stereocenters. The Bertz CT molecular complexity index is 740. The third-order valence-electron chi connectivity index (χ3n) is 4.13. The van der Waals surface area contributed by atoms with Crippen molar-refractivity contribution in [1.29, 1.82) is 0 Å². The van der Waals surface area contributed by atoms with Gasteiger partial charge in [0.15, 0.2) is 5.11 Å². The Morgan fingerprint density at radius 3 is 2.29 bits per heavy atom. The van der Waals surface area contributed by atoms with Gasteiger partial charge in [-0.3, -0.25) is 0 Å². The van der Waals surface area contributed by atoms with E-state index in [4.69, 9.17) is 12.2 Å². The minimum atomic E-state index is 0.183. The zero-order chi connectivity index (χ0) is 17.9. The summed E-state index contributed by atoms with van der Waals surface area (Å²) in [7, 11) is 0. The molecule has 0 saturated heterocycles. The maximum atomic E-state index is 5.54. The molecule has 0 saturated carbocycles. The number of benzene rings is 2. The van der Waals surface area contributed by atoms with Gasteiger partial charge >= 0.3 is 0 Å². The minimum Gasteiger partial charge on any atom is -0.355 e. The summed E-state index contributed by atoms with van der Waals surface area (Å²) in [4.78, 5) is 0. The molecule has 0 aliphatic rings. The lowest BCUT2D eigenvalue weighted by Crippen LogP contribution is -2.35. The molecule has 128 valence electrons. The highest BCUT2D eigenvalue weighted by atomic mass is 79.9. The number of nitrogens with one attached hydrogen (secondary N) is 2. The van der Waals surface area contributed by atoms with E-state index in [2.05, 4.69) is 85.4 Å². The first-order valence-electron chi connectivity index (χ1n) is 8.18. The normalized spacial score (nSPS) is 12.1. The quantitative estimate of drug-likeness (QED) is 0.605. The second kappa shape index (κ2) is 8.13. The molecule has 0 amide bonds.